The van der Waals surface area contributed by atoms with Crippen LogP contribution in [0, 0.1) is 5.92 Å². The van der Waals surface area contributed by atoms with Crippen LogP contribution in [0.1, 0.15) is 28.8 Å². The number of carbonyl (C=O) groups is 1. The van der Waals surface area contributed by atoms with Crippen molar-refractivity contribution in [2.45, 2.75) is 32.1 Å². The standard InChI is InChI=1S/C20H26N4O2.ClH/c25-19(24-9-6-17-18(7-10-24)22-23-20(17)26)12-15-3-1-14(2-4-15)11-16-5-8-21-13-16;/h1-4,16,21H,5-13H2,(H2,22,23,26);1H. The summed E-state index contributed by atoms with van der Waals surface area (Å²) in [4.78, 5) is 26.3. The molecular formula is C20H27ClN4O2. The van der Waals surface area contributed by atoms with Crippen LogP contribution in [-0.4, -0.2) is 47.2 Å². The molecule has 2 aromatic rings. The Morgan fingerprint density at radius 3 is 2.56 bits per heavy atom. The van der Waals surface area contributed by atoms with Gasteiger partial charge < -0.3 is 15.3 Å². The highest BCUT2D eigenvalue weighted by Gasteiger charge is 2.21. The number of aromatic amines is 2. The molecule has 7 heteroatoms. The van der Waals surface area contributed by atoms with E-state index in [9.17, 15) is 9.59 Å². The van der Waals surface area contributed by atoms with Gasteiger partial charge in [-0.25, -0.2) is 0 Å². The first-order valence-electron chi connectivity index (χ1n) is 9.54. The number of fused-ring (bicyclic) bond motifs is 1. The largest absolute Gasteiger partial charge is 0.342 e. The summed E-state index contributed by atoms with van der Waals surface area (Å²) in [5, 5.41) is 8.97. The molecule has 1 aromatic heterocycles. The van der Waals surface area contributed by atoms with E-state index in [1.165, 1.54) is 12.0 Å². The second kappa shape index (κ2) is 8.76. The van der Waals surface area contributed by atoms with Crippen molar-refractivity contribution < 1.29 is 4.79 Å². The van der Waals surface area contributed by atoms with E-state index in [2.05, 4.69) is 39.8 Å². The fourth-order valence-electron chi connectivity index (χ4n) is 4.05. The predicted octanol–water partition coefficient (Wildman–Crippen LogP) is 1.45. The summed E-state index contributed by atoms with van der Waals surface area (Å²) in [6.45, 7) is 3.51. The highest BCUT2D eigenvalue weighted by molar-refractivity contribution is 5.85. The molecule has 2 aliphatic rings. The summed E-state index contributed by atoms with van der Waals surface area (Å²) in [5.41, 5.74) is 4.09. The SMILES string of the molecule is Cl.O=C(Cc1ccc(CC2CCNC2)cc1)N1CCc2[nH][nH]c(=O)c2CC1. The van der Waals surface area contributed by atoms with Gasteiger partial charge in [0.25, 0.3) is 5.56 Å². The van der Waals surface area contributed by atoms with Gasteiger partial charge in [-0.15, -0.1) is 12.4 Å². The Morgan fingerprint density at radius 2 is 1.81 bits per heavy atom. The molecular weight excluding hydrogens is 364 g/mol. The summed E-state index contributed by atoms with van der Waals surface area (Å²) < 4.78 is 0. The first-order valence-corrected chi connectivity index (χ1v) is 9.54. The molecule has 1 atom stereocenters. The third-order valence-corrected chi connectivity index (χ3v) is 5.65. The number of carbonyl (C=O) groups excluding carboxylic acids is 1. The zero-order chi connectivity index (χ0) is 17.9. The molecule has 3 heterocycles. The topological polar surface area (TPSA) is 81.0 Å². The van der Waals surface area contributed by atoms with E-state index in [1.54, 1.807) is 0 Å². The molecule has 1 amide bonds. The van der Waals surface area contributed by atoms with Crippen molar-refractivity contribution >= 4 is 18.3 Å². The Bertz CT molecular complexity index is 821. The second-order valence-corrected chi connectivity index (χ2v) is 7.47. The third-order valence-electron chi connectivity index (χ3n) is 5.65. The lowest BCUT2D eigenvalue weighted by molar-refractivity contribution is -0.130. The van der Waals surface area contributed by atoms with Gasteiger partial charge in [-0.3, -0.25) is 14.7 Å². The van der Waals surface area contributed by atoms with E-state index < -0.39 is 0 Å². The van der Waals surface area contributed by atoms with Gasteiger partial charge >= 0.3 is 0 Å². The summed E-state index contributed by atoms with van der Waals surface area (Å²) >= 11 is 0. The maximum Gasteiger partial charge on any atom is 0.267 e. The number of aromatic nitrogens is 2. The monoisotopic (exact) mass is 390 g/mol. The maximum absolute atomic E-state index is 12.7. The zero-order valence-electron chi connectivity index (χ0n) is 15.4. The lowest BCUT2D eigenvalue weighted by Gasteiger charge is -2.20. The summed E-state index contributed by atoms with van der Waals surface area (Å²) in [5.74, 6) is 0.874. The molecule has 1 fully saturated rings. The molecule has 2 aliphatic heterocycles. The zero-order valence-corrected chi connectivity index (χ0v) is 16.2. The highest BCUT2D eigenvalue weighted by atomic mass is 35.5. The Morgan fingerprint density at radius 1 is 1.07 bits per heavy atom. The van der Waals surface area contributed by atoms with Gasteiger partial charge in [0.05, 0.1) is 6.42 Å². The molecule has 3 N–H and O–H groups in total. The number of nitrogens with zero attached hydrogens (tertiary/aromatic N) is 1. The van der Waals surface area contributed by atoms with Crippen molar-refractivity contribution in [2.75, 3.05) is 26.2 Å². The summed E-state index contributed by atoms with van der Waals surface area (Å²) in [6, 6.07) is 8.49. The Labute approximate surface area is 165 Å². The van der Waals surface area contributed by atoms with Crippen molar-refractivity contribution in [3.8, 4) is 0 Å². The quantitative estimate of drug-likeness (QED) is 0.739. The minimum atomic E-state index is -0.0534. The average Bonchev–Trinajstić information content (AvgIpc) is 3.21. The van der Waals surface area contributed by atoms with Crippen molar-refractivity contribution in [1.29, 1.82) is 0 Å². The molecule has 1 aromatic carbocycles. The van der Waals surface area contributed by atoms with E-state index in [0.29, 0.717) is 32.4 Å². The van der Waals surface area contributed by atoms with Crippen LogP contribution in [0.3, 0.4) is 0 Å². The molecule has 0 aliphatic carbocycles. The van der Waals surface area contributed by atoms with Crippen LogP contribution in [0.15, 0.2) is 29.1 Å². The third kappa shape index (κ3) is 4.62. The number of amides is 1. The van der Waals surface area contributed by atoms with Crippen molar-refractivity contribution in [1.82, 2.24) is 20.4 Å². The number of nitrogens with one attached hydrogen (secondary N) is 3. The van der Waals surface area contributed by atoms with E-state index in [4.69, 9.17) is 0 Å². The number of benzene rings is 1. The maximum atomic E-state index is 12.7. The van der Waals surface area contributed by atoms with E-state index in [1.807, 2.05) is 4.90 Å². The highest BCUT2D eigenvalue weighted by Crippen LogP contribution is 2.17. The molecule has 0 radical (unpaired) electrons. The molecule has 4 rings (SSSR count). The first kappa shape index (κ1) is 19.7. The Balaban J connectivity index is 0.00000210. The molecule has 0 saturated carbocycles. The molecule has 0 spiro atoms. The minimum absolute atomic E-state index is 0. The number of hydrogen-bond donors (Lipinski definition) is 3. The van der Waals surface area contributed by atoms with Crippen LogP contribution in [0.5, 0.6) is 0 Å². The van der Waals surface area contributed by atoms with Gasteiger partial charge in [-0.2, -0.15) is 0 Å². The van der Waals surface area contributed by atoms with Crippen LogP contribution in [-0.2, 0) is 30.5 Å². The van der Waals surface area contributed by atoms with Gasteiger partial charge in [0.1, 0.15) is 0 Å². The van der Waals surface area contributed by atoms with Gasteiger partial charge in [-0.05, 0) is 49.4 Å². The Hall–Kier alpha value is -2.05. The van der Waals surface area contributed by atoms with Gasteiger partial charge in [-0.1, -0.05) is 24.3 Å². The number of hydrogen-bond acceptors (Lipinski definition) is 3. The average molecular weight is 391 g/mol. The van der Waals surface area contributed by atoms with Crippen LogP contribution >= 0.6 is 12.4 Å². The minimum Gasteiger partial charge on any atom is -0.342 e. The summed E-state index contributed by atoms with van der Waals surface area (Å²) in [6.07, 6.45) is 4.11. The Kier molecular flexibility index (Phi) is 6.39. The van der Waals surface area contributed by atoms with E-state index in [0.717, 1.165) is 42.2 Å². The van der Waals surface area contributed by atoms with Crippen molar-refractivity contribution in [3.05, 3.63) is 57.0 Å². The lowest BCUT2D eigenvalue weighted by atomic mass is 9.97. The fraction of sp³-hybridized carbons (Fsp3) is 0.500. The molecule has 0 bridgehead atoms. The van der Waals surface area contributed by atoms with Crippen molar-refractivity contribution in [3.63, 3.8) is 0 Å². The van der Waals surface area contributed by atoms with E-state index >= 15 is 0 Å². The van der Waals surface area contributed by atoms with Crippen LogP contribution < -0.4 is 10.9 Å². The molecule has 1 saturated heterocycles. The van der Waals surface area contributed by atoms with Gasteiger partial charge in [0.15, 0.2) is 0 Å². The van der Waals surface area contributed by atoms with E-state index in [-0.39, 0.29) is 23.9 Å². The fourth-order valence-corrected chi connectivity index (χ4v) is 4.05. The smallest absolute Gasteiger partial charge is 0.267 e. The van der Waals surface area contributed by atoms with Gasteiger partial charge in [0, 0.05) is 30.8 Å². The normalized spacial score (nSPS) is 19.3. The van der Waals surface area contributed by atoms with Crippen LogP contribution in [0.2, 0.25) is 0 Å². The second-order valence-electron chi connectivity index (χ2n) is 7.47. The van der Waals surface area contributed by atoms with Gasteiger partial charge in [0.2, 0.25) is 5.91 Å². The van der Waals surface area contributed by atoms with Crippen LogP contribution in [0.25, 0.3) is 0 Å². The number of H-pyrrole nitrogens is 2. The summed E-state index contributed by atoms with van der Waals surface area (Å²) in [7, 11) is 0. The predicted molar refractivity (Wildman–Crippen MR) is 107 cm³/mol. The lowest BCUT2D eigenvalue weighted by Crippen LogP contribution is -2.34. The molecule has 6 nitrogen and oxygen atoms in total. The number of halogens is 1. The molecule has 1 unspecified atom stereocenters. The first-order chi connectivity index (χ1) is 12.7. The van der Waals surface area contributed by atoms with Crippen LogP contribution in [0.4, 0.5) is 0 Å². The molecule has 27 heavy (non-hydrogen) atoms. The molecule has 146 valence electrons. The number of rotatable bonds is 4. The van der Waals surface area contributed by atoms with Crippen molar-refractivity contribution in [2.24, 2.45) is 5.92 Å².